The van der Waals surface area contributed by atoms with Crippen LogP contribution in [0, 0.1) is 0 Å². The minimum atomic E-state index is -0.839. The number of hydrogen-bond acceptors (Lipinski definition) is 4. The van der Waals surface area contributed by atoms with Gasteiger partial charge in [0, 0.05) is 23.6 Å². The molecule has 2 aromatic rings. The van der Waals surface area contributed by atoms with Crippen molar-refractivity contribution in [2.75, 3.05) is 13.2 Å². The quantitative estimate of drug-likeness (QED) is 0.648. The Labute approximate surface area is 139 Å². The Morgan fingerprint density at radius 1 is 0.750 bits per heavy atom. The second kappa shape index (κ2) is 8.76. The van der Waals surface area contributed by atoms with E-state index in [0.717, 1.165) is 10.8 Å². The summed E-state index contributed by atoms with van der Waals surface area (Å²) in [5, 5.41) is 19.1. The highest BCUT2D eigenvalue weighted by Crippen LogP contribution is 2.32. The van der Waals surface area contributed by atoms with Crippen LogP contribution in [0.1, 0.15) is 25.7 Å². The first kappa shape index (κ1) is 17.6. The number of ether oxygens (including phenoxy) is 2. The lowest BCUT2D eigenvalue weighted by molar-refractivity contribution is -0.138. The molecule has 6 heteroatoms. The van der Waals surface area contributed by atoms with Crippen molar-refractivity contribution >= 4 is 22.7 Å². The van der Waals surface area contributed by atoms with E-state index in [-0.39, 0.29) is 12.8 Å². The summed E-state index contributed by atoms with van der Waals surface area (Å²) in [6.45, 7) is 0.657. The van der Waals surface area contributed by atoms with Crippen LogP contribution in [0.4, 0.5) is 0 Å². The molecule has 0 fully saturated rings. The number of carboxylic acids is 2. The molecule has 0 saturated carbocycles. The summed E-state index contributed by atoms with van der Waals surface area (Å²) in [5.74, 6) is -0.329. The molecule has 0 aromatic heterocycles. The molecular weight excluding hydrogens is 312 g/mol. The minimum absolute atomic E-state index is 0.0721. The summed E-state index contributed by atoms with van der Waals surface area (Å²) in [6, 6.07) is 11.2. The van der Waals surface area contributed by atoms with E-state index in [9.17, 15) is 9.59 Å². The highest BCUT2D eigenvalue weighted by atomic mass is 16.5. The van der Waals surface area contributed by atoms with Crippen LogP contribution >= 0.6 is 0 Å². The molecule has 6 nitrogen and oxygen atoms in total. The van der Waals surface area contributed by atoms with Gasteiger partial charge in [-0.2, -0.15) is 0 Å². The van der Waals surface area contributed by atoms with Crippen molar-refractivity contribution in [1.82, 2.24) is 0 Å². The van der Waals surface area contributed by atoms with Gasteiger partial charge in [0.1, 0.15) is 11.5 Å². The fourth-order valence-corrected chi connectivity index (χ4v) is 2.32. The summed E-state index contributed by atoms with van der Waals surface area (Å²) in [6.07, 6.45) is 1.03. The molecule has 0 atom stereocenters. The Bertz CT molecular complexity index is 648. The van der Waals surface area contributed by atoms with Gasteiger partial charge in [0.05, 0.1) is 13.2 Å². The maximum Gasteiger partial charge on any atom is 0.303 e. The average molecular weight is 332 g/mol. The Hall–Kier alpha value is -2.76. The summed E-state index contributed by atoms with van der Waals surface area (Å²) in [5.41, 5.74) is 0. The number of fused-ring (bicyclic) bond motifs is 1. The zero-order chi connectivity index (χ0) is 17.4. The van der Waals surface area contributed by atoms with Crippen molar-refractivity contribution in [1.29, 1.82) is 0 Å². The molecule has 0 aliphatic heterocycles. The van der Waals surface area contributed by atoms with Crippen LogP contribution < -0.4 is 9.47 Å². The largest absolute Gasteiger partial charge is 0.493 e. The predicted octanol–water partition coefficient (Wildman–Crippen LogP) is 3.33. The maximum atomic E-state index is 10.5. The lowest BCUT2D eigenvalue weighted by Gasteiger charge is -2.12. The van der Waals surface area contributed by atoms with Gasteiger partial charge in [-0.15, -0.1) is 0 Å². The topological polar surface area (TPSA) is 93.1 Å². The van der Waals surface area contributed by atoms with Crippen LogP contribution in [-0.2, 0) is 9.59 Å². The van der Waals surface area contributed by atoms with E-state index < -0.39 is 11.9 Å². The van der Waals surface area contributed by atoms with Gasteiger partial charge in [-0.25, -0.2) is 0 Å². The zero-order valence-corrected chi connectivity index (χ0v) is 13.2. The number of carboxylic acid groups (broad SMARTS) is 2. The fraction of sp³-hybridized carbons (Fsp3) is 0.333. The van der Waals surface area contributed by atoms with Crippen molar-refractivity contribution in [3.8, 4) is 11.5 Å². The number of aliphatic carboxylic acids is 2. The van der Waals surface area contributed by atoms with Crippen molar-refractivity contribution in [3.05, 3.63) is 36.4 Å². The van der Waals surface area contributed by atoms with Gasteiger partial charge in [-0.3, -0.25) is 9.59 Å². The number of benzene rings is 2. The second-order valence-corrected chi connectivity index (χ2v) is 5.30. The molecule has 128 valence electrons. The number of carbonyl (C=O) groups is 2. The first-order valence-electron chi connectivity index (χ1n) is 7.79. The first-order valence-corrected chi connectivity index (χ1v) is 7.79. The van der Waals surface area contributed by atoms with Gasteiger partial charge in [-0.05, 0) is 25.0 Å². The molecule has 2 rings (SSSR count). The number of hydrogen-bond donors (Lipinski definition) is 2. The fourth-order valence-electron chi connectivity index (χ4n) is 2.32. The third-order valence-corrected chi connectivity index (χ3v) is 3.43. The van der Waals surface area contributed by atoms with Crippen LogP contribution in [0.5, 0.6) is 11.5 Å². The zero-order valence-electron chi connectivity index (χ0n) is 13.2. The lowest BCUT2D eigenvalue weighted by Crippen LogP contribution is -2.03. The Balaban J connectivity index is 2.05. The monoisotopic (exact) mass is 332 g/mol. The summed E-state index contributed by atoms with van der Waals surface area (Å²) >= 11 is 0. The molecule has 24 heavy (non-hydrogen) atoms. The van der Waals surface area contributed by atoms with Gasteiger partial charge in [0.15, 0.2) is 0 Å². The molecule has 2 N–H and O–H groups in total. The van der Waals surface area contributed by atoms with E-state index in [1.807, 2.05) is 36.4 Å². The summed E-state index contributed by atoms with van der Waals surface area (Å²) < 4.78 is 11.4. The van der Waals surface area contributed by atoms with Crippen LogP contribution in [0.3, 0.4) is 0 Å². The lowest BCUT2D eigenvalue weighted by atomic mass is 10.1. The van der Waals surface area contributed by atoms with Crippen molar-refractivity contribution in [2.24, 2.45) is 0 Å². The molecule has 0 bridgehead atoms. The first-order chi connectivity index (χ1) is 11.6. The van der Waals surface area contributed by atoms with Gasteiger partial charge < -0.3 is 19.7 Å². The van der Waals surface area contributed by atoms with Crippen molar-refractivity contribution in [3.63, 3.8) is 0 Å². The second-order valence-electron chi connectivity index (χ2n) is 5.30. The number of rotatable bonds is 10. The normalized spacial score (nSPS) is 10.5. The molecule has 0 aliphatic rings. The van der Waals surface area contributed by atoms with Gasteiger partial charge in [0.2, 0.25) is 0 Å². The summed E-state index contributed by atoms with van der Waals surface area (Å²) in [7, 11) is 0. The van der Waals surface area contributed by atoms with Crippen LogP contribution in [0.2, 0.25) is 0 Å². The van der Waals surface area contributed by atoms with Gasteiger partial charge >= 0.3 is 11.9 Å². The van der Waals surface area contributed by atoms with Crippen LogP contribution in [0.25, 0.3) is 10.8 Å². The van der Waals surface area contributed by atoms with Gasteiger partial charge in [-0.1, -0.05) is 24.3 Å². The molecule has 0 aliphatic carbocycles. The van der Waals surface area contributed by atoms with Gasteiger partial charge in [0.25, 0.3) is 0 Å². The highest BCUT2D eigenvalue weighted by molar-refractivity contribution is 5.93. The van der Waals surface area contributed by atoms with E-state index in [2.05, 4.69) is 0 Å². The molecule has 0 saturated heterocycles. The van der Waals surface area contributed by atoms with Crippen molar-refractivity contribution < 1.29 is 29.3 Å². The third-order valence-electron chi connectivity index (χ3n) is 3.43. The molecule has 0 unspecified atom stereocenters. The van der Waals surface area contributed by atoms with E-state index in [1.165, 1.54) is 0 Å². The molecule has 0 spiro atoms. The van der Waals surface area contributed by atoms with Crippen LogP contribution in [0.15, 0.2) is 36.4 Å². The Morgan fingerprint density at radius 3 is 1.54 bits per heavy atom. The van der Waals surface area contributed by atoms with Crippen molar-refractivity contribution in [2.45, 2.75) is 25.7 Å². The molecular formula is C18H20O6. The maximum absolute atomic E-state index is 10.5. The molecule has 2 aromatic carbocycles. The standard InChI is InChI=1S/C18H20O6/c19-17(20)9-3-11-23-15-7-1-5-13-14(15)6-2-8-16(13)24-12-4-10-18(21)22/h1-2,5-8H,3-4,9-12H2,(H,19,20)(H,21,22). The molecule has 0 amide bonds. The molecule has 0 heterocycles. The average Bonchev–Trinajstić information content (AvgIpc) is 2.55. The van der Waals surface area contributed by atoms with E-state index in [4.69, 9.17) is 19.7 Å². The highest BCUT2D eigenvalue weighted by Gasteiger charge is 2.07. The van der Waals surface area contributed by atoms with Crippen LogP contribution in [-0.4, -0.2) is 35.4 Å². The Morgan fingerprint density at radius 2 is 1.17 bits per heavy atom. The molecule has 0 radical (unpaired) electrons. The SMILES string of the molecule is O=C(O)CCCOc1cccc2c(OCCCC(=O)O)cccc12. The van der Waals surface area contributed by atoms with E-state index >= 15 is 0 Å². The summed E-state index contributed by atoms with van der Waals surface area (Å²) in [4.78, 5) is 21.1. The van der Waals surface area contributed by atoms with E-state index in [1.54, 1.807) is 0 Å². The minimum Gasteiger partial charge on any atom is -0.493 e. The third kappa shape index (κ3) is 5.15. The predicted molar refractivity (Wildman–Crippen MR) is 88.7 cm³/mol. The smallest absolute Gasteiger partial charge is 0.303 e. The van der Waals surface area contributed by atoms with E-state index in [0.29, 0.717) is 37.6 Å². The Kier molecular flexibility index (Phi) is 6.42.